The summed E-state index contributed by atoms with van der Waals surface area (Å²) in [6.07, 6.45) is 0. The van der Waals surface area contributed by atoms with Crippen LogP contribution in [-0.4, -0.2) is 0 Å². The first-order valence-corrected chi connectivity index (χ1v) is 4.87. The van der Waals surface area contributed by atoms with Crippen LogP contribution in [0.3, 0.4) is 0 Å². The largest absolute Gasteiger partial charge is 0.398 e. The summed E-state index contributed by atoms with van der Waals surface area (Å²) < 4.78 is 26.8. The number of nitrogens with zero attached hydrogens (tertiary/aromatic N) is 1. The fourth-order valence-corrected chi connectivity index (χ4v) is 1.59. The molecule has 2 N–H and O–H groups in total. The number of hydrogen-bond donors (Lipinski definition) is 1. The number of nitrogens with two attached hydrogens (primary N) is 1. The van der Waals surface area contributed by atoms with E-state index >= 15 is 0 Å². The monoisotopic (exact) mass is 230 g/mol. The average molecular weight is 230 g/mol. The van der Waals surface area contributed by atoms with Crippen molar-refractivity contribution in [1.29, 1.82) is 5.26 Å². The van der Waals surface area contributed by atoms with Gasteiger partial charge in [0.25, 0.3) is 0 Å². The smallest absolute Gasteiger partial charge is 0.143 e. The van der Waals surface area contributed by atoms with Crippen molar-refractivity contribution in [2.24, 2.45) is 0 Å². The Hall–Kier alpha value is -2.41. The Morgan fingerprint density at radius 1 is 1.00 bits per heavy atom. The highest BCUT2D eigenvalue weighted by Crippen LogP contribution is 2.30. The van der Waals surface area contributed by atoms with Crippen LogP contribution in [0, 0.1) is 23.0 Å². The van der Waals surface area contributed by atoms with Gasteiger partial charge in [0.15, 0.2) is 0 Å². The molecule has 0 aliphatic carbocycles. The lowest BCUT2D eigenvalue weighted by atomic mass is 10.0. The zero-order valence-corrected chi connectivity index (χ0v) is 8.74. The van der Waals surface area contributed by atoms with E-state index < -0.39 is 11.6 Å². The average Bonchev–Trinajstić information content (AvgIpc) is 2.31. The number of anilines is 1. The van der Waals surface area contributed by atoms with Crippen molar-refractivity contribution < 1.29 is 8.78 Å². The minimum Gasteiger partial charge on any atom is -0.398 e. The molecule has 4 heteroatoms. The van der Waals surface area contributed by atoms with Crippen LogP contribution in [0.2, 0.25) is 0 Å². The first-order valence-electron chi connectivity index (χ1n) is 4.87. The molecule has 0 saturated carbocycles. The first kappa shape index (κ1) is 11.1. The third-order valence-electron chi connectivity index (χ3n) is 2.42. The van der Waals surface area contributed by atoms with Crippen molar-refractivity contribution >= 4 is 5.69 Å². The molecular weight excluding hydrogens is 222 g/mol. The predicted molar refractivity (Wildman–Crippen MR) is 60.9 cm³/mol. The summed E-state index contributed by atoms with van der Waals surface area (Å²) in [7, 11) is 0. The normalized spacial score (nSPS) is 9.94. The molecule has 0 aromatic heterocycles. The van der Waals surface area contributed by atoms with Crippen molar-refractivity contribution in [3.05, 3.63) is 53.6 Å². The Kier molecular flexibility index (Phi) is 2.75. The summed E-state index contributed by atoms with van der Waals surface area (Å²) >= 11 is 0. The van der Waals surface area contributed by atoms with Gasteiger partial charge in [0, 0.05) is 16.8 Å². The van der Waals surface area contributed by atoms with Gasteiger partial charge in [-0.25, -0.2) is 8.78 Å². The minimum atomic E-state index is -0.704. The fraction of sp³-hybridized carbons (Fsp3) is 0. The standard InChI is InChI=1S/C13H8F2N2/c14-11-4-2-1-3-9(11)10-5-8(7-16)12(15)6-13(10)17/h1-6H,17H2. The van der Waals surface area contributed by atoms with Crippen molar-refractivity contribution in [2.45, 2.75) is 0 Å². The van der Waals surface area contributed by atoms with Gasteiger partial charge < -0.3 is 5.73 Å². The second kappa shape index (κ2) is 4.22. The first-order chi connectivity index (χ1) is 8.13. The molecule has 0 spiro atoms. The molecule has 0 saturated heterocycles. The lowest BCUT2D eigenvalue weighted by Gasteiger charge is -2.08. The van der Waals surface area contributed by atoms with Crippen molar-refractivity contribution in [3.63, 3.8) is 0 Å². The second-order valence-corrected chi connectivity index (χ2v) is 3.51. The maximum Gasteiger partial charge on any atom is 0.143 e. The molecule has 17 heavy (non-hydrogen) atoms. The summed E-state index contributed by atoms with van der Waals surface area (Å²) in [5, 5.41) is 8.73. The molecule has 2 nitrogen and oxygen atoms in total. The highest BCUT2D eigenvalue weighted by Gasteiger charge is 2.12. The number of hydrogen-bond acceptors (Lipinski definition) is 2. The van der Waals surface area contributed by atoms with E-state index in [0.29, 0.717) is 5.56 Å². The molecule has 0 bridgehead atoms. The zero-order valence-electron chi connectivity index (χ0n) is 8.74. The second-order valence-electron chi connectivity index (χ2n) is 3.51. The quantitative estimate of drug-likeness (QED) is 0.765. The zero-order chi connectivity index (χ0) is 12.4. The van der Waals surface area contributed by atoms with Gasteiger partial charge in [-0.05, 0) is 18.2 Å². The van der Waals surface area contributed by atoms with Gasteiger partial charge in [-0.1, -0.05) is 18.2 Å². The van der Waals surface area contributed by atoms with Gasteiger partial charge in [-0.15, -0.1) is 0 Å². The van der Waals surface area contributed by atoms with Crippen molar-refractivity contribution in [1.82, 2.24) is 0 Å². The molecule has 0 radical (unpaired) electrons. The minimum absolute atomic E-state index is 0.103. The Labute approximate surface area is 96.9 Å². The maximum absolute atomic E-state index is 13.6. The molecule has 0 aliphatic rings. The summed E-state index contributed by atoms with van der Waals surface area (Å²) in [6.45, 7) is 0. The molecule has 0 fully saturated rings. The van der Waals surface area contributed by atoms with E-state index in [2.05, 4.69) is 0 Å². The van der Waals surface area contributed by atoms with Crippen LogP contribution in [0.5, 0.6) is 0 Å². The molecule has 84 valence electrons. The third kappa shape index (κ3) is 1.95. The number of halogens is 2. The van der Waals surface area contributed by atoms with Crippen LogP contribution in [0.4, 0.5) is 14.5 Å². The van der Waals surface area contributed by atoms with Gasteiger partial charge in [-0.3, -0.25) is 0 Å². The molecule has 2 rings (SSSR count). The number of nitrogen functional groups attached to an aromatic ring is 1. The van der Waals surface area contributed by atoms with Crippen molar-refractivity contribution in [3.8, 4) is 17.2 Å². The Morgan fingerprint density at radius 2 is 1.71 bits per heavy atom. The molecule has 0 aliphatic heterocycles. The summed E-state index contributed by atoms with van der Waals surface area (Å²) in [4.78, 5) is 0. The van der Waals surface area contributed by atoms with Crippen LogP contribution < -0.4 is 5.73 Å². The molecule has 0 amide bonds. The van der Waals surface area contributed by atoms with E-state index in [1.165, 1.54) is 18.2 Å². The molecule has 0 atom stereocenters. The van der Waals surface area contributed by atoms with Gasteiger partial charge in [-0.2, -0.15) is 5.26 Å². The molecule has 0 heterocycles. The topological polar surface area (TPSA) is 49.8 Å². The molecule has 2 aromatic rings. The van der Waals surface area contributed by atoms with Gasteiger partial charge in [0.05, 0.1) is 5.56 Å². The van der Waals surface area contributed by atoms with E-state index in [-0.39, 0.29) is 16.8 Å². The van der Waals surface area contributed by atoms with Crippen LogP contribution in [0.25, 0.3) is 11.1 Å². The predicted octanol–water partition coefficient (Wildman–Crippen LogP) is 3.09. The molecular formula is C13H8F2N2. The van der Waals surface area contributed by atoms with E-state index in [0.717, 1.165) is 6.07 Å². The highest BCUT2D eigenvalue weighted by molar-refractivity contribution is 5.78. The summed E-state index contributed by atoms with van der Waals surface area (Å²) in [6, 6.07) is 9.98. The number of nitriles is 1. The maximum atomic E-state index is 13.6. The third-order valence-corrected chi connectivity index (χ3v) is 2.42. The van der Waals surface area contributed by atoms with Crippen LogP contribution in [0.1, 0.15) is 5.56 Å². The van der Waals surface area contributed by atoms with Gasteiger partial charge in [0.2, 0.25) is 0 Å². The van der Waals surface area contributed by atoms with Crippen LogP contribution in [0.15, 0.2) is 36.4 Å². The summed E-state index contributed by atoms with van der Waals surface area (Å²) in [5.74, 6) is -1.17. The SMILES string of the molecule is N#Cc1cc(-c2ccccc2F)c(N)cc1F. The van der Waals surface area contributed by atoms with Crippen molar-refractivity contribution in [2.75, 3.05) is 5.73 Å². The van der Waals surface area contributed by atoms with E-state index in [1.807, 2.05) is 0 Å². The number of rotatable bonds is 1. The Bertz CT molecular complexity index is 615. The fourth-order valence-electron chi connectivity index (χ4n) is 1.59. The van der Waals surface area contributed by atoms with E-state index in [1.54, 1.807) is 18.2 Å². The van der Waals surface area contributed by atoms with Gasteiger partial charge >= 0.3 is 0 Å². The number of benzene rings is 2. The lowest BCUT2D eigenvalue weighted by Crippen LogP contribution is -1.96. The molecule has 0 unspecified atom stereocenters. The Balaban J connectivity index is 2.69. The Morgan fingerprint density at radius 3 is 2.35 bits per heavy atom. The van der Waals surface area contributed by atoms with Gasteiger partial charge in [0.1, 0.15) is 17.7 Å². The van der Waals surface area contributed by atoms with E-state index in [9.17, 15) is 8.78 Å². The lowest BCUT2D eigenvalue weighted by molar-refractivity contribution is 0.623. The molecule has 2 aromatic carbocycles. The van der Waals surface area contributed by atoms with E-state index in [4.69, 9.17) is 11.0 Å². The highest BCUT2D eigenvalue weighted by atomic mass is 19.1. The van der Waals surface area contributed by atoms with Crippen LogP contribution in [-0.2, 0) is 0 Å². The van der Waals surface area contributed by atoms with Crippen LogP contribution >= 0.6 is 0 Å². The summed E-state index contributed by atoms with van der Waals surface area (Å²) in [5.41, 5.74) is 6.15.